The van der Waals surface area contributed by atoms with Crippen LogP contribution >= 0.6 is 0 Å². The molecule has 0 fully saturated rings. The topological polar surface area (TPSA) is 21.3 Å². The minimum absolute atomic E-state index is 0.897. The number of rotatable bonds is 8. The maximum absolute atomic E-state index is 6.52. The van der Waals surface area contributed by atoms with Crippen LogP contribution in [0.3, 0.4) is 0 Å². The van der Waals surface area contributed by atoms with Crippen molar-refractivity contribution in [2.45, 2.75) is 0 Å². The van der Waals surface area contributed by atoms with E-state index in [-0.39, 0.29) is 0 Å². The molecule has 0 atom stereocenters. The van der Waals surface area contributed by atoms with E-state index in [2.05, 4.69) is 264 Å². The van der Waals surface area contributed by atoms with Crippen LogP contribution in [0.5, 0.6) is 0 Å². The number of furan rings is 1. The van der Waals surface area contributed by atoms with Gasteiger partial charge in [0.1, 0.15) is 11.2 Å². The van der Waals surface area contributed by atoms with E-state index in [1.165, 1.54) is 54.5 Å². The number of hydrogen-bond donors (Lipinski definition) is 0. The van der Waals surface area contributed by atoms with Gasteiger partial charge in [-0.05, 0) is 110 Å². The molecular formula is C68H44N2O. The summed E-state index contributed by atoms with van der Waals surface area (Å²) in [6, 6.07) is 96.7. The summed E-state index contributed by atoms with van der Waals surface area (Å²) in [5.41, 5.74) is 17.7. The average molecular weight is 905 g/mol. The van der Waals surface area contributed by atoms with Crippen molar-refractivity contribution in [3.63, 3.8) is 0 Å². The van der Waals surface area contributed by atoms with Crippen molar-refractivity contribution in [1.29, 1.82) is 0 Å². The number of anilines is 3. The van der Waals surface area contributed by atoms with Crippen LogP contribution in [0.2, 0.25) is 0 Å². The first-order valence-corrected chi connectivity index (χ1v) is 24.3. The molecule has 0 unspecified atom stereocenters. The molecule has 0 aliphatic carbocycles. The Balaban J connectivity index is 0.906. The lowest BCUT2D eigenvalue weighted by Crippen LogP contribution is -2.11. The van der Waals surface area contributed by atoms with E-state index in [0.717, 1.165) is 78.1 Å². The van der Waals surface area contributed by atoms with Gasteiger partial charge < -0.3 is 13.9 Å². The van der Waals surface area contributed by atoms with Gasteiger partial charge in [0, 0.05) is 49.6 Å². The van der Waals surface area contributed by atoms with E-state index in [1.807, 2.05) is 12.1 Å². The molecule has 2 aromatic heterocycles. The van der Waals surface area contributed by atoms with Gasteiger partial charge in [-0.1, -0.05) is 206 Å². The van der Waals surface area contributed by atoms with Gasteiger partial charge in [0.25, 0.3) is 0 Å². The van der Waals surface area contributed by atoms with Crippen LogP contribution < -0.4 is 4.90 Å². The second-order valence-electron chi connectivity index (χ2n) is 18.4. The standard InChI is InChI=1S/C68H44N2O/c1-2-20-52-49(17-1)44-62(57-24-4-3-23-56(52)57)48-18-15-19-51(43-48)69(50-41-39-47(40-42-50)55-28-16-29-61-60-27-9-14-34-67(60)71-68(55)61)63-30-10-5-21-53(63)45-35-37-46(38-36-45)54-22-6-11-31-64(54)70-65-32-12-7-25-58(65)59-26-8-13-33-66(59)70/h1-44H. The second-order valence-corrected chi connectivity index (χ2v) is 18.4. The number of hydrogen-bond acceptors (Lipinski definition) is 2. The highest BCUT2D eigenvalue weighted by molar-refractivity contribution is 6.14. The zero-order chi connectivity index (χ0) is 46.8. The van der Waals surface area contributed by atoms with Gasteiger partial charge in [-0.2, -0.15) is 0 Å². The van der Waals surface area contributed by atoms with Crippen molar-refractivity contribution in [2.24, 2.45) is 0 Å². The molecule has 0 N–H and O–H groups in total. The smallest absolute Gasteiger partial charge is 0.143 e. The van der Waals surface area contributed by atoms with Gasteiger partial charge >= 0.3 is 0 Å². The largest absolute Gasteiger partial charge is 0.455 e. The molecule has 0 aliphatic rings. The number of para-hydroxylation sites is 6. The Kier molecular flexibility index (Phi) is 9.53. The molecule has 0 aliphatic heterocycles. The minimum atomic E-state index is 0.897. The summed E-state index contributed by atoms with van der Waals surface area (Å²) < 4.78 is 8.93. The van der Waals surface area contributed by atoms with Crippen LogP contribution in [0.25, 0.3) is 115 Å². The number of nitrogens with zero attached hydrogens (tertiary/aromatic N) is 2. The third-order valence-electron chi connectivity index (χ3n) is 14.4. The van der Waals surface area contributed by atoms with E-state index in [4.69, 9.17) is 4.42 Å². The summed E-state index contributed by atoms with van der Waals surface area (Å²) in [4.78, 5) is 2.42. The number of benzene rings is 12. The molecule has 0 radical (unpaired) electrons. The van der Waals surface area contributed by atoms with Crippen molar-refractivity contribution in [1.82, 2.24) is 4.57 Å². The maximum Gasteiger partial charge on any atom is 0.143 e. The Labute approximate surface area is 411 Å². The van der Waals surface area contributed by atoms with E-state index in [0.29, 0.717) is 0 Å². The van der Waals surface area contributed by atoms with E-state index >= 15 is 0 Å². The quantitative estimate of drug-likeness (QED) is 0.142. The van der Waals surface area contributed by atoms with Gasteiger partial charge in [0.2, 0.25) is 0 Å². The van der Waals surface area contributed by atoms with Crippen LogP contribution in [0.4, 0.5) is 17.1 Å². The molecule has 332 valence electrons. The van der Waals surface area contributed by atoms with Crippen molar-refractivity contribution >= 4 is 82.4 Å². The molecule has 0 amide bonds. The zero-order valence-corrected chi connectivity index (χ0v) is 38.7. The van der Waals surface area contributed by atoms with Gasteiger partial charge in [0.15, 0.2) is 0 Å². The van der Waals surface area contributed by atoms with Crippen LogP contribution in [0.15, 0.2) is 271 Å². The fraction of sp³-hybridized carbons (Fsp3) is 0. The Hall–Kier alpha value is -9.44. The highest BCUT2D eigenvalue weighted by atomic mass is 16.3. The van der Waals surface area contributed by atoms with Gasteiger partial charge in [-0.15, -0.1) is 0 Å². The minimum Gasteiger partial charge on any atom is -0.455 e. The Morgan fingerprint density at radius 2 is 0.831 bits per heavy atom. The molecule has 12 aromatic carbocycles. The summed E-state index contributed by atoms with van der Waals surface area (Å²) in [5.74, 6) is 0. The van der Waals surface area contributed by atoms with Crippen molar-refractivity contribution in [3.05, 3.63) is 267 Å². The molecule has 2 heterocycles. The first-order chi connectivity index (χ1) is 35.2. The lowest BCUT2D eigenvalue weighted by molar-refractivity contribution is 0.670. The normalized spacial score (nSPS) is 11.7. The van der Waals surface area contributed by atoms with E-state index in [1.54, 1.807) is 0 Å². The van der Waals surface area contributed by atoms with Gasteiger partial charge in [0.05, 0.1) is 22.4 Å². The Morgan fingerprint density at radius 1 is 0.296 bits per heavy atom. The Bertz CT molecular complexity index is 4290. The highest BCUT2D eigenvalue weighted by Gasteiger charge is 2.21. The SMILES string of the molecule is c1cc(-c2cc3ccccc3c3ccccc23)cc(N(c2ccc(-c3cccc4c3oc3ccccc34)cc2)c2ccccc2-c2ccc(-c3ccccc3-n3c4ccccc4c4ccccc43)cc2)c1. The highest BCUT2D eigenvalue weighted by Crippen LogP contribution is 2.45. The molecule has 14 aromatic rings. The molecule has 0 spiro atoms. The monoisotopic (exact) mass is 904 g/mol. The van der Waals surface area contributed by atoms with Crippen LogP contribution in [0, 0.1) is 0 Å². The van der Waals surface area contributed by atoms with Crippen molar-refractivity contribution < 1.29 is 4.42 Å². The Morgan fingerprint density at radius 3 is 1.61 bits per heavy atom. The molecule has 0 bridgehead atoms. The fourth-order valence-electron chi connectivity index (χ4n) is 11.1. The number of fused-ring (bicyclic) bond motifs is 9. The fourth-order valence-corrected chi connectivity index (χ4v) is 11.1. The predicted molar refractivity (Wildman–Crippen MR) is 299 cm³/mol. The van der Waals surface area contributed by atoms with Gasteiger partial charge in [-0.25, -0.2) is 0 Å². The molecule has 3 heteroatoms. The lowest BCUT2D eigenvalue weighted by atomic mass is 9.93. The summed E-state index contributed by atoms with van der Waals surface area (Å²) in [6.07, 6.45) is 0. The second kappa shape index (κ2) is 16.7. The van der Waals surface area contributed by atoms with Crippen LogP contribution in [-0.2, 0) is 0 Å². The zero-order valence-electron chi connectivity index (χ0n) is 38.7. The molecular weight excluding hydrogens is 861 g/mol. The average Bonchev–Trinajstić information content (AvgIpc) is 4.00. The maximum atomic E-state index is 6.52. The lowest BCUT2D eigenvalue weighted by Gasteiger charge is -2.28. The van der Waals surface area contributed by atoms with E-state index < -0.39 is 0 Å². The number of aromatic nitrogens is 1. The van der Waals surface area contributed by atoms with Crippen LogP contribution in [0.1, 0.15) is 0 Å². The third kappa shape index (κ3) is 6.74. The van der Waals surface area contributed by atoms with Crippen LogP contribution in [-0.4, -0.2) is 4.57 Å². The summed E-state index contributed by atoms with van der Waals surface area (Å²) in [7, 11) is 0. The van der Waals surface area contributed by atoms with Crippen molar-refractivity contribution in [3.8, 4) is 50.2 Å². The van der Waals surface area contributed by atoms with Gasteiger partial charge in [-0.3, -0.25) is 0 Å². The summed E-state index contributed by atoms with van der Waals surface area (Å²) >= 11 is 0. The first-order valence-electron chi connectivity index (χ1n) is 24.3. The van der Waals surface area contributed by atoms with E-state index in [9.17, 15) is 0 Å². The molecule has 14 rings (SSSR count). The third-order valence-corrected chi connectivity index (χ3v) is 14.4. The predicted octanol–water partition coefficient (Wildman–Crippen LogP) is 19.1. The molecule has 0 saturated heterocycles. The molecule has 71 heavy (non-hydrogen) atoms. The summed E-state index contributed by atoms with van der Waals surface area (Å²) in [5, 5.41) is 9.74. The molecule has 0 saturated carbocycles. The molecule has 3 nitrogen and oxygen atoms in total. The summed E-state index contributed by atoms with van der Waals surface area (Å²) in [6.45, 7) is 0. The van der Waals surface area contributed by atoms with Crippen molar-refractivity contribution in [2.75, 3.05) is 4.90 Å². The first kappa shape index (κ1) is 40.6.